The van der Waals surface area contributed by atoms with Crippen LogP contribution in [0.1, 0.15) is 31.7 Å². The molecule has 0 atom stereocenters. The van der Waals surface area contributed by atoms with Crippen LogP contribution in [0.25, 0.3) is 27.8 Å². The Kier molecular flexibility index (Phi) is 7.26. The number of pyridine rings is 1. The van der Waals surface area contributed by atoms with Crippen molar-refractivity contribution in [2.45, 2.75) is 31.9 Å². The summed E-state index contributed by atoms with van der Waals surface area (Å²) in [4.78, 5) is 18.0. The lowest BCUT2D eigenvalue weighted by atomic mass is 10.1. The number of rotatable bonds is 9. The second kappa shape index (κ2) is 10.9. The van der Waals surface area contributed by atoms with E-state index in [1.165, 1.54) is 29.8 Å². The Balaban J connectivity index is 1.41. The summed E-state index contributed by atoms with van der Waals surface area (Å²) in [5.41, 5.74) is 1.96. The van der Waals surface area contributed by atoms with Gasteiger partial charge in [0.2, 0.25) is 0 Å². The average molecular weight is 567 g/mol. The van der Waals surface area contributed by atoms with Gasteiger partial charge in [0.1, 0.15) is 23.6 Å². The minimum Gasteiger partial charge on any atom is -0.354 e. The van der Waals surface area contributed by atoms with Gasteiger partial charge in [-0.3, -0.25) is 4.90 Å². The van der Waals surface area contributed by atoms with Gasteiger partial charge in [0.25, 0.3) is 0 Å². The quantitative estimate of drug-likeness (QED) is 0.292. The number of benzene rings is 1. The molecular weight excluding hydrogens is 534 g/mol. The lowest BCUT2D eigenvalue weighted by molar-refractivity contribution is 0.247. The molecule has 2 aliphatic rings. The van der Waals surface area contributed by atoms with Gasteiger partial charge in [-0.25, -0.2) is 32.2 Å². The number of fused-ring (bicyclic) bond motifs is 1. The molecule has 0 N–H and O–H groups in total. The van der Waals surface area contributed by atoms with Crippen LogP contribution in [0.3, 0.4) is 0 Å². The second-order valence-corrected chi connectivity index (χ2v) is 13.0. The molecule has 1 saturated heterocycles. The topological polar surface area (TPSA) is 84.2 Å². The van der Waals surface area contributed by atoms with Crippen molar-refractivity contribution in [3.05, 3.63) is 66.4 Å². The summed E-state index contributed by atoms with van der Waals surface area (Å²) in [6, 6.07) is 6.03. The zero-order chi connectivity index (χ0) is 27.9. The van der Waals surface area contributed by atoms with E-state index in [-0.39, 0.29) is 17.0 Å². The van der Waals surface area contributed by atoms with E-state index in [1.54, 1.807) is 25.5 Å². The van der Waals surface area contributed by atoms with E-state index in [2.05, 4.69) is 19.8 Å². The Hall–Kier alpha value is -3.44. The number of nitrogens with zero attached hydrogens (tertiary/aromatic N) is 6. The van der Waals surface area contributed by atoms with Crippen LogP contribution in [0.4, 0.5) is 14.6 Å². The molecule has 210 valence electrons. The largest absolute Gasteiger partial charge is 0.354 e. The summed E-state index contributed by atoms with van der Waals surface area (Å²) in [5, 5.41) is 0. The number of halogens is 2. The number of piperazine rings is 1. The number of anilines is 1. The molecule has 0 spiro atoms. The molecule has 6 rings (SSSR count). The molecule has 0 amide bonds. The third-order valence-corrected chi connectivity index (χ3v) is 9.47. The van der Waals surface area contributed by atoms with Crippen LogP contribution in [-0.2, 0) is 15.6 Å². The Morgan fingerprint density at radius 1 is 1.00 bits per heavy atom. The van der Waals surface area contributed by atoms with Crippen LogP contribution in [0, 0.1) is 17.6 Å². The summed E-state index contributed by atoms with van der Waals surface area (Å²) >= 11 is 0. The molecule has 1 saturated carbocycles. The zero-order valence-corrected chi connectivity index (χ0v) is 23.2. The lowest BCUT2D eigenvalue weighted by Crippen LogP contribution is -2.47. The summed E-state index contributed by atoms with van der Waals surface area (Å²) in [6.07, 6.45) is 9.41. The molecule has 0 radical (unpaired) electrons. The Morgan fingerprint density at radius 2 is 1.75 bits per heavy atom. The van der Waals surface area contributed by atoms with Crippen LogP contribution < -0.4 is 4.90 Å². The van der Waals surface area contributed by atoms with Crippen molar-refractivity contribution >= 4 is 26.7 Å². The van der Waals surface area contributed by atoms with E-state index < -0.39 is 27.2 Å². The molecule has 4 aromatic rings. The van der Waals surface area contributed by atoms with Gasteiger partial charge < -0.3 is 9.47 Å². The van der Waals surface area contributed by atoms with Crippen LogP contribution in [0.15, 0.2) is 49.2 Å². The first kappa shape index (κ1) is 26.8. The molecule has 11 heteroatoms. The fourth-order valence-electron chi connectivity index (χ4n) is 5.46. The first-order chi connectivity index (χ1) is 19.3. The maximum absolute atomic E-state index is 15.8. The SMILES string of the molecule is CCCS(=O)(=O)Cc1ccc(F)c(-n2cc(-c3cncnc3)c3nc(N4CCN(CC5CC5)CC4)ccc32)c1F. The van der Waals surface area contributed by atoms with Crippen molar-refractivity contribution < 1.29 is 17.2 Å². The maximum Gasteiger partial charge on any atom is 0.154 e. The standard InChI is InChI=1S/C29H32F2N6O2S/c1-2-13-40(38,39)18-21-5-6-24(30)29(27(21)31)37-17-23(22-14-32-19-33-15-22)28-25(37)7-8-26(34-28)36-11-9-35(10-12-36)16-20-3-4-20/h5-8,14-15,17,19-20H,2-4,9-13,16,18H2,1H3. The molecule has 1 aliphatic heterocycles. The number of aromatic nitrogens is 4. The highest BCUT2D eigenvalue weighted by atomic mass is 32.2. The molecule has 3 aromatic heterocycles. The van der Waals surface area contributed by atoms with Crippen molar-refractivity contribution in [2.24, 2.45) is 5.92 Å². The van der Waals surface area contributed by atoms with Crippen LogP contribution in [0.2, 0.25) is 0 Å². The van der Waals surface area contributed by atoms with Gasteiger partial charge in [-0.2, -0.15) is 0 Å². The molecule has 8 nitrogen and oxygen atoms in total. The second-order valence-electron chi connectivity index (χ2n) is 10.8. The first-order valence-corrected chi connectivity index (χ1v) is 15.6. The van der Waals surface area contributed by atoms with Crippen molar-refractivity contribution in [3.63, 3.8) is 0 Å². The molecule has 0 bridgehead atoms. The highest BCUT2D eigenvalue weighted by Crippen LogP contribution is 2.35. The molecule has 40 heavy (non-hydrogen) atoms. The molecule has 1 aromatic carbocycles. The van der Waals surface area contributed by atoms with Gasteiger partial charge >= 0.3 is 0 Å². The summed E-state index contributed by atoms with van der Waals surface area (Å²) in [6.45, 7) is 6.57. The first-order valence-electron chi connectivity index (χ1n) is 13.8. The van der Waals surface area contributed by atoms with E-state index in [4.69, 9.17) is 4.98 Å². The summed E-state index contributed by atoms with van der Waals surface area (Å²) in [7, 11) is -3.53. The predicted octanol–water partition coefficient (Wildman–Crippen LogP) is 4.62. The average Bonchev–Trinajstić information content (AvgIpc) is 3.69. The van der Waals surface area contributed by atoms with Crippen LogP contribution >= 0.6 is 0 Å². The van der Waals surface area contributed by atoms with Crippen LogP contribution in [-0.4, -0.2) is 71.3 Å². The van der Waals surface area contributed by atoms with Gasteiger partial charge in [-0.05, 0) is 43.4 Å². The summed E-state index contributed by atoms with van der Waals surface area (Å²) < 4.78 is 57.4. The van der Waals surface area contributed by atoms with E-state index in [0.717, 1.165) is 50.5 Å². The van der Waals surface area contributed by atoms with E-state index in [0.29, 0.717) is 28.6 Å². The fourth-order valence-corrected chi connectivity index (χ4v) is 6.93. The summed E-state index contributed by atoms with van der Waals surface area (Å²) in [5.74, 6) is -0.600. The highest BCUT2D eigenvalue weighted by Gasteiger charge is 2.28. The van der Waals surface area contributed by atoms with Gasteiger partial charge in [0.05, 0.1) is 22.5 Å². The van der Waals surface area contributed by atoms with E-state index >= 15 is 8.78 Å². The molecule has 0 unspecified atom stereocenters. The Labute approximate surface area is 232 Å². The molecule has 1 aliphatic carbocycles. The minimum absolute atomic E-state index is 0.0642. The third-order valence-electron chi connectivity index (χ3n) is 7.69. The van der Waals surface area contributed by atoms with Crippen molar-refractivity contribution in [1.29, 1.82) is 0 Å². The van der Waals surface area contributed by atoms with Crippen molar-refractivity contribution in [2.75, 3.05) is 43.4 Å². The van der Waals surface area contributed by atoms with Gasteiger partial charge in [0.15, 0.2) is 15.7 Å². The van der Waals surface area contributed by atoms with Crippen LogP contribution in [0.5, 0.6) is 0 Å². The number of sulfone groups is 1. The molecule has 2 fully saturated rings. The number of hydrogen-bond acceptors (Lipinski definition) is 7. The molecular formula is C29H32F2N6O2S. The van der Waals surface area contributed by atoms with Crippen molar-refractivity contribution in [3.8, 4) is 16.8 Å². The van der Waals surface area contributed by atoms with Crippen molar-refractivity contribution in [1.82, 2.24) is 24.4 Å². The predicted molar refractivity (Wildman–Crippen MR) is 151 cm³/mol. The Bertz CT molecular complexity index is 1630. The lowest BCUT2D eigenvalue weighted by Gasteiger charge is -2.35. The van der Waals surface area contributed by atoms with Gasteiger partial charge in [-0.1, -0.05) is 13.0 Å². The van der Waals surface area contributed by atoms with Gasteiger partial charge in [-0.15, -0.1) is 0 Å². The Morgan fingerprint density at radius 3 is 2.45 bits per heavy atom. The molecule has 4 heterocycles. The number of hydrogen-bond donors (Lipinski definition) is 0. The highest BCUT2D eigenvalue weighted by molar-refractivity contribution is 7.90. The monoisotopic (exact) mass is 566 g/mol. The maximum atomic E-state index is 15.8. The third kappa shape index (κ3) is 5.44. The van der Waals surface area contributed by atoms with E-state index in [9.17, 15) is 8.42 Å². The van der Waals surface area contributed by atoms with Gasteiger partial charge in [0, 0.05) is 68.0 Å². The van der Waals surface area contributed by atoms with E-state index in [1.807, 2.05) is 12.1 Å². The fraction of sp³-hybridized carbons (Fsp3) is 0.414. The normalized spacial score (nSPS) is 16.6. The minimum atomic E-state index is -3.53. The smallest absolute Gasteiger partial charge is 0.154 e. The zero-order valence-electron chi connectivity index (χ0n) is 22.4.